The van der Waals surface area contributed by atoms with Crippen molar-refractivity contribution in [3.63, 3.8) is 0 Å². The Bertz CT molecular complexity index is 541. The van der Waals surface area contributed by atoms with Crippen molar-refractivity contribution in [1.29, 1.82) is 0 Å². The van der Waals surface area contributed by atoms with Crippen LogP contribution in [0.15, 0.2) is 0 Å². The van der Waals surface area contributed by atoms with Gasteiger partial charge >= 0.3 is 24.0 Å². The SMILES string of the molecule is [2H][C@@]1(O)O[C@H](COC(C)=O)[C@@H](OC(C)=O)[C@H](O)[C@H]1NC(=O)C(F)(F)F. The Balaban J connectivity index is 3.06. The molecule has 0 radical (unpaired) electrons. The van der Waals surface area contributed by atoms with Gasteiger partial charge in [0, 0.05) is 13.8 Å². The van der Waals surface area contributed by atoms with Gasteiger partial charge in [0.05, 0.1) is 1.37 Å². The van der Waals surface area contributed by atoms with Crippen LogP contribution in [0.1, 0.15) is 15.2 Å². The molecule has 0 bridgehead atoms. The topological polar surface area (TPSA) is 131 Å². The van der Waals surface area contributed by atoms with Gasteiger partial charge in [-0.3, -0.25) is 14.4 Å². The zero-order valence-electron chi connectivity index (χ0n) is 13.5. The summed E-state index contributed by atoms with van der Waals surface area (Å²) < 4.78 is 58.6. The number of ether oxygens (including phenoxy) is 3. The molecule has 1 amide bonds. The maximum Gasteiger partial charge on any atom is 0.471 e. The normalized spacial score (nSPS) is 34.0. The third-order valence-corrected chi connectivity index (χ3v) is 2.88. The average Bonchev–Trinajstić information content (AvgIpc) is 2.42. The molecule has 1 aliphatic rings. The molecule has 1 fully saturated rings. The summed E-state index contributed by atoms with van der Waals surface area (Å²) in [5.74, 6) is -4.33. The van der Waals surface area contributed by atoms with E-state index in [-0.39, 0.29) is 0 Å². The summed E-state index contributed by atoms with van der Waals surface area (Å²) in [7, 11) is 0. The van der Waals surface area contributed by atoms with Gasteiger partial charge in [-0.05, 0) is 0 Å². The van der Waals surface area contributed by atoms with Crippen LogP contribution in [0.5, 0.6) is 0 Å². The molecule has 0 saturated carbocycles. The fourth-order valence-electron chi connectivity index (χ4n) is 1.89. The molecule has 1 heterocycles. The molecule has 1 aliphatic heterocycles. The second-order valence-electron chi connectivity index (χ2n) is 4.81. The predicted octanol–water partition coefficient (Wildman–Crippen LogP) is -1.39. The molecule has 1 saturated heterocycles. The van der Waals surface area contributed by atoms with Crippen LogP contribution in [0.2, 0.25) is 0 Å². The summed E-state index contributed by atoms with van der Waals surface area (Å²) in [5.41, 5.74) is 0. The van der Waals surface area contributed by atoms with Gasteiger partial charge < -0.3 is 29.7 Å². The van der Waals surface area contributed by atoms with Crippen LogP contribution in [0, 0.1) is 0 Å². The molecule has 0 aromatic carbocycles. The van der Waals surface area contributed by atoms with Crippen molar-refractivity contribution in [3.05, 3.63) is 0 Å². The molecule has 24 heavy (non-hydrogen) atoms. The summed E-state index contributed by atoms with van der Waals surface area (Å²) in [4.78, 5) is 33.0. The number of amides is 1. The van der Waals surface area contributed by atoms with E-state index in [4.69, 9.17) is 10.8 Å². The summed E-state index contributed by atoms with van der Waals surface area (Å²) in [6.07, 6.45) is -14.0. The highest BCUT2D eigenvalue weighted by Crippen LogP contribution is 2.24. The molecule has 0 aromatic heterocycles. The van der Waals surface area contributed by atoms with E-state index in [9.17, 15) is 37.8 Å². The van der Waals surface area contributed by atoms with E-state index in [2.05, 4.69) is 4.74 Å². The summed E-state index contributed by atoms with van der Waals surface area (Å²) in [6, 6.07) is -2.31. The Hall–Kier alpha value is -1.92. The average molecular weight is 360 g/mol. The van der Waals surface area contributed by atoms with Gasteiger partial charge in [-0.1, -0.05) is 0 Å². The molecule has 138 valence electrons. The highest BCUT2D eigenvalue weighted by Gasteiger charge is 2.50. The maximum absolute atomic E-state index is 12.4. The lowest BCUT2D eigenvalue weighted by Gasteiger charge is -2.42. The number of carbonyl (C=O) groups is 3. The first-order valence-electron chi connectivity index (χ1n) is 7.02. The number of hydrogen-bond acceptors (Lipinski definition) is 8. The first kappa shape index (κ1) is 18.4. The van der Waals surface area contributed by atoms with Crippen molar-refractivity contribution in [2.75, 3.05) is 6.61 Å². The van der Waals surface area contributed by atoms with Gasteiger partial charge in [0.2, 0.25) is 0 Å². The van der Waals surface area contributed by atoms with Gasteiger partial charge in [-0.15, -0.1) is 0 Å². The van der Waals surface area contributed by atoms with Crippen LogP contribution in [0.4, 0.5) is 13.2 Å². The number of esters is 2. The minimum atomic E-state index is -5.36. The second kappa shape index (κ2) is 7.77. The van der Waals surface area contributed by atoms with E-state index >= 15 is 0 Å². The van der Waals surface area contributed by atoms with Crippen molar-refractivity contribution in [2.45, 2.75) is 50.6 Å². The Labute approximate surface area is 135 Å². The zero-order chi connectivity index (χ0) is 19.6. The number of aliphatic hydroxyl groups is 2. The molecule has 0 aromatic rings. The minimum Gasteiger partial charge on any atom is -0.463 e. The number of aliphatic hydroxyl groups excluding tert-OH is 1. The quantitative estimate of drug-likeness (QED) is 0.522. The lowest BCUT2D eigenvalue weighted by atomic mass is 9.96. The molecule has 3 N–H and O–H groups in total. The lowest BCUT2D eigenvalue weighted by Crippen LogP contribution is -2.66. The van der Waals surface area contributed by atoms with Crippen molar-refractivity contribution in [3.8, 4) is 0 Å². The summed E-state index contributed by atoms with van der Waals surface area (Å²) >= 11 is 0. The number of alkyl halides is 3. The summed E-state index contributed by atoms with van der Waals surface area (Å²) in [6.45, 7) is 1.26. The predicted molar refractivity (Wildman–Crippen MR) is 67.1 cm³/mol. The molecule has 5 atom stereocenters. The van der Waals surface area contributed by atoms with Gasteiger partial charge in [-0.25, -0.2) is 0 Å². The van der Waals surface area contributed by atoms with Crippen LogP contribution >= 0.6 is 0 Å². The molecule has 0 spiro atoms. The number of rotatable bonds is 4. The van der Waals surface area contributed by atoms with Crippen LogP contribution in [-0.4, -0.2) is 71.5 Å². The third kappa shape index (κ3) is 5.32. The highest BCUT2D eigenvalue weighted by atomic mass is 19.4. The van der Waals surface area contributed by atoms with Crippen LogP contribution in [0.25, 0.3) is 0 Å². The van der Waals surface area contributed by atoms with E-state index in [1.54, 1.807) is 0 Å². The fraction of sp³-hybridized carbons (Fsp3) is 0.750. The second-order valence-corrected chi connectivity index (χ2v) is 4.81. The number of hydrogen-bond donors (Lipinski definition) is 3. The fourth-order valence-corrected chi connectivity index (χ4v) is 1.89. The Morgan fingerprint density at radius 1 is 1.25 bits per heavy atom. The van der Waals surface area contributed by atoms with Gasteiger partial charge in [0.15, 0.2) is 12.4 Å². The van der Waals surface area contributed by atoms with Crippen molar-refractivity contribution >= 4 is 17.8 Å². The van der Waals surface area contributed by atoms with E-state index in [1.165, 1.54) is 5.32 Å². The first-order chi connectivity index (χ1) is 11.3. The van der Waals surface area contributed by atoms with Gasteiger partial charge in [-0.2, -0.15) is 13.2 Å². The molecule has 9 nitrogen and oxygen atoms in total. The monoisotopic (exact) mass is 360 g/mol. The van der Waals surface area contributed by atoms with Crippen molar-refractivity contribution < 1.29 is 53.3 Å². The molecular formula is C12H16F3NO8. The van der Waals surface area contributed by atoms with Gasteiger partial charge in [0.1, 0.15) is 24.9 Å². The Morgan fingerprint density at radius 3 is 2.29 bits per heavy atom. The zero-order valence-corrected chi connectivity index (χ0v) is 12.5. The van der Waals surface area contributed by atoms with E-state index in [1.807, 2.05) is 0 Å². The maximum atomic E-state index is 12.4. The first-order valence-corrected chi connectivity index (χ1v) is 6.52. The Kier molecular flexibility index (Phi) is 5.96. The van der Waals surface area contributed by atoms with Crippen LogP contribution in [0.3, 0.4) is 0 Å². The largest absolute Gasteiger partial charge is 0.471 e. The molecule has 0 unspecified atom stereocenters. The molecule has 1 rings (SSSR count). The number of carbonyl (C=O) groups excluding carboxylic acids is 3. The molecular weight excluding hydrogens is 343 g/mol. The highest BCUT2D eigenvalue weighted by molar-refractivity contribution is 5.82. The summed E-state index contributed by atoms with van der Waals surface area (Å²) in [5, 5.41) is 21.1. The van der Waals surface area contributed by atoms with Crippen molar-refractivity contribution in [2.24, 2.45) is 0 Å². The third-order valence-electron chi connectivity index (χ3n) is 2.88. The number of nitrogens with one attached hydrogen (secondary N) is 1. The van der Waals surface area contributed by atoms with Crippen LogP contribution in [-0.2, 0) is 28.6 Å². The van der Waals surface area contributed by atoms with Gasteiger partial charge in [0.25, 0.3) is 0 Å². The van der Waals surface area contributed by atoms with E-state index in [0.717, 1.165) is 13.8 Å². The molecule has 12 heteroatoms. The molecule has 0 aliphatic carbocycles. The Morgan fingerprint density at radius 2 is 1.83 bits per heavy atom. The van der Waals surface area contributed by atoms with Crippen LogP contribution < -0.4 is 5.32 Å². The lowest BCUT2D eigenvalue weighted by molar-refractivity contribution is -0.262. The number of halogens is 3. The minimum absolute atomic E-state index is 0.675. The smallest absolute Gasteiger partial charge is 0.463 e. The standard InChI is InChI=1S/C12H16F3NO8/c1-4(17)22-3-6-9(23-5(2)18)8(19)7(10(20)24-6)16-11(21)12(13,14)15/h6-10,19-20H,3H2,1-2H3,(H,16,21)/t6-,7-,8-,9-,10-/m1/s1/i10D. The van der Waals surface area contributed by atoms with Crippen molar-refractivity contribution in [1.82, 2.24) is 5.32 Å². The van der Waals surface area contributed by atoms with E-state index < -0.39 is 61.2 Å². The van der Waals surface area contributed by atoms with E-state index in [0.29, 0.717) is 0 Å².